The summed E-state index contributed by atoms with van der Waals surface area (Å²) in [7, 11) is -2.24. The number of likely N-dealkylation sites (tertiary alicyclic amines) is 1. The molecule has 1 heterocycles. The molecule has 2 rings (SSSR count). The number of carbonyl (C=O) groups is 2. The lowest BCUT2D eigenvalue weighted by Crippen LogP contribution is -2.31. The molecule has 0 radical (unpaired) electrons. The first-order chi connectivity index (χ1) is 11.3. The van der Waals surface area contributed by atoms with Crippen LogP contribution < -0.4 is 0 Å². The van der Waals surface area contributed by atoms with E-state index in [4.69, 9.17) is 4.74 Å². The maximum Gasteiger partial charge on any atom is 0.410 e. The van der Waals surface area contributed by atoms with Gasteiger partial charge in [0, 0.05) is 36.9 Å². The molecule has 0 unspecified atom stereocenters. The van der Waals surface area contributed by atoms with Crippen molar-refractivity contribution in [3.8, 4) is 0 Å². The predicted molar refractivity (Wildman–Crippen MR) is 96.5 cm³/mol. The second kappa shape index (κ2) is 7.83. The smallest absolute Gasteiger partial charge is 0.410 e. The Morgan fingerprint density at radius 2 is 1.92 bits per heavy atom. The molecule has 1 aromatic rings. The van der Waals surface area contributed by atoms with Gasteiger partial charge in [0.2, 0.25) is 0 Å². The average molecular weight is 351 g/mol. The molecule has 1 aromatic carbocycles. The van der Waals surface area contributed by atoms with Crippen molar-refractivity contribution >= 4 is 26.8 Å². The number of Topliss-reactive ketones (excluding diaryl/α,β-unsaturated/α-hetero) is 1. The van der Waals surface area contributed by atoms with Crippen molar-refractivity contribution in [2.75, 3.05) is 25.6 Å². The van der Waals surface area contributed by atoms with Gasteiger partial charge in [0.15, 0.2) is 5.78 Å². The number of ether oxygens (including phenoxy) is 1. The lowest BCUT2D eigenvalue weighted by atomic mass is 9.91. The Hall–Kier alpha value is -1.82. The highest BCUT2D eigenvalue weighted by Crippen LogP contribution is 2.27. The zero-order valence-corrected chi connectivity index (χ0v) is 15.3. The lowest BCUT2D eigenvalue weighted by molar-refractivity contribution is -0.116. The van der Waals surface area contributed by atoms with Crippen molar-refractivity contribution in [3.63, 3.8) is 0 Å². The number of rotatable bonds is 5. The fourth-order valence-corrected chi connectivity index (χ4v) is 3.67. The Labute approximate surface area is 144 Å². The third kappa shape index (κ3) is 5.09. The molecule has 0 saturated carbocycles. The molecule has 0 spiro atoms. The van der Waals surface area contributed by atoms with Gasteiger partial charge in [-0.25, -0.2) is 4.79 Å². The minimum Gasteiger partial charge on any atom is -0.445 e. The van der Waals surface area contributed by atoms with Crippen LogP contribution in [0.1, 0.15) is 18.9 Å². The molecule has 2 atom stereocenters. The van der Waals surface area contributed by atoms with Gasteiger partial charge in [0.1, 0.15) is 6.61 Å². The summed E-state index contributed by atoms with van der Waals surface area (Å²) in [5.74, 6) is -0.338. The maximum atomic E-state index is 12.4. The van der Waals surface area contributed by atoms with Gasteiger partial charge in [-0.2, -0.15) is 0 Å². The van der Waals surface area contributed by atoms with Crippen LogP contribution in [0.2, 0.25) is 0 Å². The summed E-state index contributed by atoms with van der Waals surface area (Å²) < 4.78 is 17.2. The van der Waals surface area contributed by atoms with Gasteiger partial charge in [-0.1, -0.05) is 43.7 Å². The van der Waals surface area contributed by atoms with Gasteiger partial charge in [-0.05, 0) is 21.0 Å². The van der Waals surface area contributed by atoms with Crippen LogP contribution in [-0.2, 0) is 25.7 Å². The summed E-state index contributed by atoms with van der Waals surface area (Å²) >= 11 is 0. The fourth-order valence-electron chi connectivity index (χ4n) is 2.93. The van der Waals surface area contributed by atoms with E-state index in [0.717, 1.165) is 12.0 Å². The van der Waals surface area contributed by atoms with E-state index < -0.39 is 15.6 Å². The molecule has 5 nitrogen and oxygen atoms in total. The van der Waals surface area contributed by atoms with Crippen LogP contribution >= 0.6 is 0 Å². The van der Waals surface area contributed by atoms with Crippen LogP contribution in [0.4, 0.5) is 4.79 Å². The van der Waals surface area contributed by atoms with Crippen LogP contribution in [0.25, 0.3) is 0 Å². The van der Waals surface area contributed by atoms with Crippen LogP contribution in [0, 0.1) is 11.8 Å². The molecule has 1 amide bonds. The summed E-state index contributed by atoms with van der Waals surface area (Å²) in [4.78, 5) is 26.2. The van der Waals surface area contributed by atoms with Crippen molar-refractivity contribution < 1.29 is 18.5 Å². The third-order valence-corrected chi connectivity index (χ3v) is 4.99. The largest absolute Gasteiger partial charge is 0.445 e. The molecule has 132 valence electrons. The molecule has 1 aliphatic heterocycles. The molecule has 24 heavy (non-hydrogen) atoms. The number of ketones is 1. The van der Waals surface area contributed by atoms with Crippen LogP contribution in [0.3, 0.4) is 0 Å². The van der Waals surface area contributed by atoms with Crippen molar-refractivity contribution in [2.45, 2.75) is 20.0 Å². The second-order valence-electron chi connectivity index (χ2n) is 6.55. The van der Waals surface area contributed by atoms with Crippen LogP contribution in [-0.4, -0.2) is 52.0 Å². The summed E-state index contributed by atoms with van der Waals surface area (Å²) in [6.07, 6.45) is 3.49. The number of benzene rings is 1. The fraction of sp³-hybridized carbons (Fsp3) is 0.500. The molecule has 1 aliphatic rings. The van der Waals surface area contributed by atoms with E-state index in [9.17, 15) is 13.8 Å². The van der Waals surface area contributed by atoms with E-state index in [-0.39, 0.29) is 24.2 Å². The zero-order valence-electron chi connectivity index (χ0n) is 14.4. The molecule has 1 saturated heterocycles. The SMILES string of the molecule is CC[C@H]1CN(C(=O)OCc2ccccc2)C[C@H]1C(=O)C=S(C)(C)=O. The quantitative estimate of drug-likeness (QED) is 0.763. The number of carbonyl (C=O) groups excluding carboxylic acids is 2. The Kier molecular flexibility index (Phi) is 6.04. The van der Waals surface area contributed by atoms with Crippen molar-refractivity contribution in [2.24, 2.45) is 11.8 Å². The molecule has 1 fully saturated rings. The number of amides is 1. The average Bonchev–Trinajstić information content (AvgIpc) is 2.96. The highest BCUT2D eigenvalue weighted by Gasteiger charge is 2.38. The van der Waals surface area contributed by atoms with E-state index in [2.05, 4.69) is 0 Å². The Balaban J connectivity index is 1.99. The zero-order chi connectivity index (χ0) is 17.7. The minimum absolute atomic E-state index is 0.0831. The number of hydrogen-bond acceptors (Lipinski definition) is 4. The Bertz CT molecular complexity index is 699. The van der Waals surface area contributed by atoms with Gasteiger partial charge in [0.25, 0.3) is 0 Å². The molecular weight excluding hydrogens is 326 g/mol. The van der Waals surface area contributed by atoms with Gasteiger partial charge in [0.05, 0.1) is 0 Å². The van der Waals surface area contributed by atoms with E-state index in [0.29, 0.717) is 13.1 Å². The summed E-state index contributed by atoms with van der Waals surface area (Å²) in [5, 5.41) is 1.32. The molecule has 6 heteroatoms. The normalized spacial score (nSPS) is 20.7. The predicted octanol–water partition coefficient (Wildman–Crippen LogP) is 2.20. The topological polar surface area (TPSA) is 63.7 Å². The summed E-state index contributed by atoms with van der Waals surface area (Å²) in [5.41, 5.74) is 0.926. The van der Waals surface area contributed by atoms with Crippen molar-refractivity contribution in [3.05, 3.63) is 35.9 Å². The molecule has 0 aliphatic carbocycles. The maximum absolute atomic E-state index is 12.4. The van der Waals surface area contributed by atoms with E-state index >= 15 is 0 Å². The highest BCUT2D eigenvalue weighted by molar-refractivity contribution is 8.01. The minimum atomic E-state index is -2.24. The van der Waals surface area contributed by atoms with E-state index in [1.54, 1.807) is 17.4 Å². The molecule has 0 N–H and O–H groups in total. The standard InChI is InChI=1S/C18H25NO4S/c1-4-15-10-19(11-16(15)17(20)13-24(2,3)22)18(21)23-12-14-8-6-5-7-9-14/h5-9,13,15-16H,4,10-12H2,1-3H3/t15-,16+/m0/s1. The first-order valence-electron chi connectivity index (χ1n) is 8.08. The first kappa shape index (κ1) is 18.5. The molecule has 0 bridgehead atoms. The van der Waals surface area contributed by atoms with E-state index in [1.807, 2.05) is 37.3 Å². The molecule has 0 aromatic heterocycles. The first-order valence-corrected chi connectivity index (χ1v) is 10.5. The monoisotopic (exact) mass is 351 g/mol. The van der Waals surface area contributed by atoms with Gasteiger partial charge >= 0.3 is 6.09 Å². The van der Waals surface area contributed by atoms with Gasteiger partial charge < -0.3 is 9.64 Å². The Morgan fingerprint density at radius 3 is 2.50 bits per heavy atom. The molecular formula is C18H25NO4S. The van der Waals surface area contributed by atoms with Gasteiger partial charge in [-0.3, -0.25) is 9.00 Å². The van der Waals surface area contributed by atoms with Crippen LogP contribution in [0.15, 0.2) is 30.3 Å². The van der Waals surface area contributed by atoms with Crippen molar-refractivity contribution in [1.82, 2.24) is 4.90 Å². The summed E-state index contributed by atoms with van der Waals surface area (Å²) in [6.45, 7) is 3.05. The number of nitrogens with zero attached hydrogens (tertiary/aromatic N) is 1. The second-order valence-corrected chi connectivity index (χ2v) is 9.40. The van der Waals surface area contributed by atoms with Crippen molar-refractivity contribution in [1.29, 1.82) is 0 Å². The van der Waals surface area contributed by atoms with Gasteiger partial charge in [-0.15, -0.1) is 0 Å². The highest BCUT2D eigenvalue weighted by atomic mass is 32.2. The van der Waals surface area contributed by atoms with E-state index in [1.165, 1.54) is 5.37 Å². The van der Waals surface area contributed by atoms with Crippen LogP contribution in [0.5, 0.6) is 0 Å². The number of hydrogen-bond donors (Lipinski definition) is 0. The lowest BCUT2D eigenvalue weighted by Gasteiger charge is -2.16. The summed E-state index contributed by atoms with van der Waals surface area (Å²) in [6, 6.07) is 9.48. The third-order valence-electron chi connectivity index (χ3n) is 4.19. The Morgan fingerprint density at radius 1 is 1.25 bits per heavy atom.